The second-order valence-corrected chi connectivity index (χ2v) is 9.70. The molecule has 0 saturated heterocycles. The van der Waals surface area contributed by atoms with Crippen LogP contribution in [0, 0.1) is 0 Å². The van der Waals surface area contributed by atoms with Crippen molar-refractivity contribution in [2.75, 3.05) is 5.32 Å². The quantitative estimate of drug-likeness (QED) is 0.342. The Kier molecular flexibility index (Phi) is 4.45. The minimum atomic E-state index is -3.55. The van der Waals surface area contributed by atoms with E-state index in [0.717, 1.165) is 9.55 Å². The topological polar surface area (TPSA) is 132 Å². The molecule has 0 saturated carbocycles. The molecule has 0 fully saturated rings. The molecule has 1 aromatic carbocycles. The second kappa shape index (κ2) is 7.04. The molecule has 0 bridgehead atoms. The zero-order valence-corrected chi connectivity index (χ0v) is 17.4. The highest BCUT2D eigenvalue weighted by molar-refractivity contribution is 8.23. The van der Waals surface area contributed by atoms with Gasteiger partial charge in [-0.3, -0.25) is 18.9 Å². The molecule has 30 heavy (non-hydrogen) atoms. The number of hydrogen-bond acceptors (Lipinski definition) is 10. The first kappa shape index (κ1) is 19.0. The van der Waals surface area contributed by atoms with Gasteiger partial charge in [-0.05, 0) is 23.6 Å². The lowest BCUT2D eigenvalue weighted by molar-refractivity contribution is 0.479. The van der Waals surface area contributed by atoms with E-state index in [-0.39, 0.29) is 22.0 Å². The van der Waals surface area contributed by atoms with Crippen LogP contribution in [-0.4, -0.2) is 35.9 Å². The summed E-state index contributed by atoms with van der Waals surface area (Å²) in [4.78, 5) is 18.2. The van der Waals surface area contributed by atoms with E-state index in [4.69, 9.17) is 0 Å². The van der Waals surface area contributed by atoms with Crippen molar-refractivity contribution in [1.29, 1.82) is 0 Å². The molecule has 1 aliphatic rings. The Morgan fingerprint density at radius 3 is 2.83 bits per heavy atom. The fourth-order valence-corrected chi connectivity index (χ4v) is 5.51. The number of nitrogens with zero attached hydrogens (tertiary/aromatic N) is 4. The average molecular weight is 460 g/mol. The van der Waals surface area contributed by atoms with E-state index in [2.05, 4.69) is 19.8 Å². The van der Waals surface area contributed by atoms with E-state index in [1.165, 1.54) is 35.0 Å². The number of aromatic hydroxyl groups is 1. The molecule has 9 nitrogen and oxygen atoms in total. The van der Waals surface area contributed by atoms with Gasteiger partial charge in [-0.2, -0.15) is 9.78 Å². The van der Waals surface area contributed by atoms with E-state index < -0.39 is 16.3 Å². The van der Waals surface area contributed by atoms with Gasteiger partial charge in [0.1, 0.15) is 10.5 Å². The van der Waals surface area contributed by atoms with Crippen molar-refractivity contribution in [2.24, 2.45) is 9.50 Å². The smallest absolute Gasteiger partial charge is 0.286 e. The standard InChI is InChI=1S/C18H13N5O4S3/c24-15-14(17-21-11-3-1-2-4-13(11)30(26,27)22-17)18(25)23(12-5-6-28-16(12)15)20-8-10-7-19-9-29-10/h1-9,24,26-27H,(H,21,22). The molecule has 0 atom stereocenters. The van der Waals surface area contributed by atoms with Crippen molar-refractivity contribution in [3.05, 3.63) is 68.2 Å². The van der Waals surface area contributed by atoms with Crippen LogP contribution < -0.4 is 10.9 Å². The van der Waals surface area contributed by atoms with Crippen molar-refractivity contribution in [3.63, 3.8) is 0 Å². The van der Waals surface area contributed by atoms with Crippen molar-refractivity contribution in [3.8, 4) is 5.75 Å². The maximum absolute atomic E-state index is 13.3. The summed E-state index contributed by atoms with van der Waals surface area (Å²) in [5.74, 6) is -0.427. The molecule has 4 N–H and O–H groups in total. The zero-order valence-electron chi connectivity index (χ0n) is 15.0. The Bertz CT molecular complexity index is 1390. The van der Waals surface area contributed by atoms with Gasteiger partial charge in [-0.25, -0.2) is 0 Å². The number of hydrogen-bond donors (Lipinski definition) is 4. The van der Waals surface area contributed by atoms with Crippen LogP contribution >= 0.6 is 33.4 Å². The Hall–Kier alpha value is -3.03. The number of anilines is 1. The highest BCUT2D eigenvalue weighted by Gasteiger charge is 2.30. The number of amidine groups is 1. The molecule has 0 spiro atoms. The van der Waals surface area contributed by atoms with E-state index >= 15 is 0 Å². The Morgan fingerprint density at radius 1 is 1.20 bits per heavy atom. The minimum absolute atomic E-state index is 0.131. The van der Waals surface area contributed by atoms with Crippen molar-refractivity contribution in [2.45, 2.75) is 4.90 Å². The lowest BCUT2D eigenvalue weighted by Gasteiger charge is -2.34. The predicted octanol–water partition coefficient (Wildman–Crippen LogP) is 4.00. The summed E-state index contributed by atoms with van der Waals surface area (Å²) in [5, 5.41) is 19.8. The van der Waals surface area contributed by atoms with Gasteiger partial charge in [-0.15, -0.1) is 27.1 Å². The highest BCUT2D eigenvalue weighted by Crippen LogP contribution is 2.55. The number of nitrogens with one attached hydrogen (secondary N) is 1. The first-order chi connectivity index (χ1) is 14.5. The molecule has 4 heterocycles. The fourth-order valence-electron chi connectivity index (χ4n) is 3.05. The normalized spacial score (nSPS) is 16.3. The van der Waals surface area contributed by atoms with Gasteiger partial charge in [0.05, 0.1) is 32.5 Å². The zero-order chi connectivity index (χ0) is 20.9. The summed E-state index contributed by atoms with van der Waals surface area (Å²) in [6.07, 6.45) is 3.11. The molecule has 152 valence electrons. The van der Waals surface area contributed by atoms with Gasteiger partial charge in [-0.1, -0.05) is 22.9 Å². The number of rotatable bonds is 3. The third-order valence-corrected chi connectivity index (χ3v) is 7.38. The van der Waals surface area contributed by atoms with E-state index in [0.29, 0.717) is 15.9 Å². The first-order valence-corrected chi connectivity index (χ1v) is 11.7. The van der Waals surface area contributed by atoms with Gasteiger partial charge < -0.3 is 10.4 Å². The molecule has 0 unspecified atom stereocenters. The van der Waals surface area contributed by atoms with Crippen molar-refractivity contribution in [1.82, 2.24) is 9.66 Å². The molecule has 12 heteroatoms. The minimum Gasteiger partial charge on any atom is -0.505 e. The molecular formula is C18H13N5O4S3. The van der Waals surface area contributed by atoms with Gasteiger partial charge in [0.2, 0.25) is 0 Å². The average Bonchev–Trinajstić information content (AvgIpc) is 3.40. The summed E-state index contributed by atoms with van der Waals surface area (Å²) >= 11 is 2.59. The van der Waals surface area contributed by atoms with Crippen LogP contribution in [0.2, 0.25) is 0 Å². The molecule has 4 aromatic rings. The number of thiophene rings is 1. The number of thiazole rings is 1. The number of aromatic nitrogens is 2. The van der Waals surface area contributed by atoms with Crippen molar-refractivity contribution >= 4 is 61.4 Å². The number of pyridine rings is 1. The second-order valence-electron chi connectivity index (χ2n) is 6.20. The summed E-state index contributed by atoms with van der Waals surface area (Å²) < 4.78 is 26.5. The van der Waals surface area contributed by atoms with Gasteiger partial charge in [0.25, 0.3) is 5.56 Å². The molecule has 3 aromatic heterocycles. The van der Waals surface area contributed by atoms with Crippen LogP contribution in [0.3, 0.4) is 0 Å². The largest absolute Gasteiger partial charge is 0.505 e. The lowest BCUT2D eigenvalue weighted by Crippen LogP contribution is -2.30. The van der Waals surface area contributed by atoms with Crippen molar-refractivity contribution < 1.29 is 14.2 Å². The van der Waals surface area contributed by atoms with Crippen LogP contribution in [0.4, 0.5) is 5.69 Å². The fraction of sp³-hybridized carbons (Fsp3) is 0. The van der Waals surface area contributed by atoms with E-state index in [9.17, 15) is 19.0 Å². The summed E-state index contributed by atoms with van der Waals surface area (Å²) in [6, 6.07) is 8.22. The SMILES string of the molecule is O=c1c(C2=NS(O)(O)c3ccccc3N2)c(O)c2sccc2n1N=Cc1cncs1. The van der Waals surface area contributed by atoms with Gasteiger partial charge >= 0.3 is 0 Å². The molecule has 5 rings (SSSR count). The number of benzene rings is 1. The third kappa shape index (κ3) is 3.02. The number of fused-ring (bicyclic) bond motifs is 2. The Balaban J connectivity index is 1.73. The summed E-state index contributed by atoms with van der Waals surface area (Å²) in [5.41, 5.74) is 1.62. The van der Waals surface area contributed by atoms with E-state index in [1.807, 2.05) is 0 Å². The first-order valence-electron chi connectivity index (χ1n) is 8.48. The van der Waals surface area contributed by atoms with E-state index in [1.54, 1.807) is 41.4 Å². The summed E-state index contributed by atoms with van der Waals surface area (Å²) in [6.45, 7) is 0. The van der Waals surface area contributed by atoms with Crippen LogP contribution in [0.25, 0.3) is 10.2 Å². The molecule has 0 radical (unpaired) electrons. The molecule has 0 amide bonds. The monoisotopic (exact) mass is 459 g/mol. The Labute approximate surface area is 178 Å². The molecule has 1 aliphatic heterocycles. The Morgan fingerprint density at radius 2 is 2.03 bits per heavy atom. The lowest BCUT2D eigenvalue weighted by atomic mass is 10.2. The third-order valence-electron chi connectivity index (χ3n) is 4.37. The molecule has 0 aliphatic carbocycles. The predicted molar refractivity (Wildman–Crippen MR) is 121 cm³/mol. The number of para-hydroxylation sites is 1. The maximum Gasteiger partial charge on any atom is 0.286 e. The van der Waals surface area contributed by atoms with Gasteiger partial charge in [0, 0.05) is 6.20 Å². The summed E-state index contributed by atoms with van der Waals surface area (Å²) in [7, 11) is -3.55. The van der Waals surface area contributed by atoms with Crippen LogP contribution in [0.1, 0.15) is 10.4 Å². The van der Waals surface area contributed by atoms with Crippen LogP contribution in [0.5, 0.6) is 5.75 Å². The van der Waals surface area contributed by atoms with Crippen LogP contribution in [-0.2, 0) is 0 Å². The molecular weight excluding hydrogens is 446 g/mol. The highest BCUT2D eigenvalue weighted by atomic mass is 32.3. The maximum atomic E-state index is 13.3. The van der Waals surface area contributed by atoms with Gasteiger partial charge in [0.15, 0.2) is 11.6 Å². The van der Waals surface area contributed by atoms with Crippen LogP contribution in [0.15, 0.2) is 66.6 Å².